The topological polar surface area (TPSA) is 117 Å². The lowest BCUT2D eigenvalue weighted by Gasteiger charge is -2.23. The maximum atomic E-state index is 14.9. The van der Waals surface area contributed by atoms with Crippen molar-refractivity contribution in [1.29, 1.82) is 0 Å². The number of carbonyl (C=O) groups is 1. The predicted octanol–water partition coefficient (Wildman–Crippen LogP) is 8.32. The van der Waals surface area contributed by atoms with Crippen molar-refractivity contribution in [2.75, 3.05) is 38.8 Å². The Labute approximate surface area is 312 Å². The van der Waals surface area contributed by atoms with Gasteiger partial charge in [-0.25, -0.2) is 27.6 Å². The minimum Gasteiger partial charge on any atom is -0.470 e. The molecule has 4 aromatic heterocycles. The van der Waals surface area contributed by atoms with E-state index >= 15 is 0 Å². The molecule has 0 saturated carbocycles. The van der Waals surface area contributed by atoms with E-state index in [4.69, 9.17) is 18.9 Å². The molecule has 1 aliphatic heterocycles. The van der Waals surface area contributed by atoms with E-state index in [1.54, 1.807) is 88.0 Å². The molecule has 0 spiro atoms. The summed E-state index contributed by atoms with van der Waals surface area (Å²) in [4.78, 5) is 23.7. The van der Waals surface area contributed by atoms with Gasteiger partial charge in [0.05, 0.1) is 50.0 Å². The molecule has 7 rings (SSSR count). The standard InChI is InChI=1S/C41H39FN5O6S/c1-9-26(15-13-24(2)3)52-37-18-14-25(22-43-37)40-38(41(48)47(5,6)7)29-19-28(33(21-36(29)53-40)45(4)54(8,49)50)31-16-17-35-39(44-31)34-20-27-30(42)11-10-12-32(27)46(34)23-51-35/h9-22H,1,23H2,2-8H3/q+1. The van der Waals surface area contributed by atoms with Crippen LogP contribution in [-0.2, 0) is 16.8 Å². The van der Waals surface area contributed by atoms with Crippen molar-refractivity contribution in [2.45, 2.75) is 20.6 Å². The van der Waals surface area contributed by atoms with E-state index in [1.807, 2.05) is 30.6 Å². The summed E-state index contributed by atoms with van der Waals surface area (Å²) in [7, 11) is 2.94. The molecule has 6 aromatic rings. The largest absolute Gasteiger partial charge is 0.470 e. The highest BCUT2D eigenvalue weighted by Crippen LogP contribution is 2.44. The number of rotatable bonds is 9. The lowest BCUT2D eigenvalue weighted by atomic mass is 10.00. The first-order chi connectivity index (χ1) is 25.5. The SMILES string of the molecule is C=CC(=CC=C(C)C)Oc1ccc(-c2oc3cc(N(C)S(C)(=O)=O)c(-c4ccc5c(n4)-c4cc6c(F)cccc6n4CO5)cc3c2C(=O)[N+](C)(C)C)cn1. The molecule has 2 aromatic carbocycles. The number of pyridine rings is 2. The van der Waals surface area contributed by atoms with Gasteiger partial charge in [-0.1, -0.05) is 24.3 Å². The van der Waals surface area contributed by atoms with Crippen molar-refractivity contribution in [3.05, 3.63) is 114 Å². The fourth-order valence-electron chi connectivity index (χ4n) is 6.23. The summed E-state index contributed by atoms with van der Waals surface area (Å²) in [5.74, 6) is 0.951. The van der Waals surface area contributed by atoms with Gasteiger partial charge in [-0.15, -0.1) is 0 Å². The monoisotopic (exact) mass is 748 g/mol. The van der Waals surface area contributed by atoms with Crippen molar-refractivity contribution in [1.82, 2.24) is 14.5 Å². The quantitative estimate of drug-likeness (QED) is 0.0824. The molecule has 1 amide bonds. The second kappa shape index (κ2) is 13.4. The zero-order chi connectivity index (χ0) is 38.7. The van der Waals surface area contributed by atoms with Crippen LogP contribution < -0.4 is 13.8 Å². The summed E-state index contributed by atoms with van der Waals surface area (Å²) in [6, 6.07) is 16.8. The minimum absolute atomic E-state index is 0.0655. The molecule has 13 heteroatoms. The van der Waals surface area contributed by atoms with Crippen molar-refractivity contribution < 1.29 is 36.0 Å². The van der Waals surface area contributed by atoms with Gasteiger partial charge in [0.15, 0.2) is 12.5 Å². The van der Waals surface area contributed by atoms with Crippen LogP contribution in [0.2, 0.25) is 0 Å². The highest BCUT2D eigenvalue weighted by molar-refractivity contribution is 7.92. The lowest BCUT2D eigenvalue weighted by molar-refractivity contribution is -0.785. The van der Waals surface area contributed by atoms with Gasteiger partial charge in [0.25, 0.3) is 0 Å². The van der Waals surface area contributed by atoms with Crippen LogP contribution in [-0.4, -0.2) is 67.8 Å². The molecule has 0 radical (unpaired) electrons. The maximum absolute atomic E-state index is 14.9. The van der Waals surface area contributed by atoms with Gasteiger partial charge in [-0.2, -0.15) is 0 Å². The number of benzene rings is 2. The number of fused-ring (bicyclic) bond motifs is 6. The minimum atomic E-state index is -3.78. The van der Waals surface area contributed by atoms with Gasteiger partial charge < -0.3 is 18.5 Å². The molecule has 11 nitrogen and oxygen atoms in total. The molecular formula is C41H39FN5O6S+. The first kappa shape index (κ1) is 36.3. The van der Waals surface area contributed by atoms with Crippen molar-refractivity contribution in [2.24, 2.45) is 0 Å². The Hall–Kier alpha value is -6.05. The number of quaternary nitrogens is 1. The van der Waals surface area contributed by atoms with E-state index in [9.17, 15) is 17.6 Å². The Morgan fingerprint density at radius 3 is 2.50 bits per heavy atom. The van der Waals surface area contributed by atoms with Gasteiger partial charge in [-0.05, 0) is 68.5 Å². The van der Waals surface area contributed by atoms with Gasteiger partial charge in [-0.3, -0.25) is 8.79 Å². The van der Waals surface area contributed by atoms with Gasteiger partial charge >= 0.3 is 5.91 Å². The van der Waals surface area contributed by atoms with Crippen LogP contribution in [0.25, 0.3) is 55.8 Å². The smallest absolute Gasteiger partial charge is 0.349 e. The summed E-state index contributed by atoms with van der Waals surface area (Å²) in [6.07, 6.45) is 7.93. The highest BCUT2D eigenvalue weighted by atomic mass is 32.2. The molecular weight excluding hydrogens is 710 g/mol. The predicted molar refractivity (Wildman–Crippen MR) is 208 cm³/mol. The maximum Gasteiger partial charge on any atom is 0.349 e. The molecule has 276 valence electrons. The zero-order valence-corrected chi connectivity index (χ0v) is 31.8. The van der Waals surface area contributed by atoms with Gasteiger partial charge in [0.1, 0.15) is 34.2 Å². The van der Waals surface area contributed by atoms with Gasteiger partial charge in [0, 0.05) is 47.3 Å². The van der Waals surface area contributed by atoms with Crippen molar-refractivity contribution in [3.63, 3.8) is 0 Å². The Morgan fingerprint density at radius 2 is 1.83 bits per heavy atom. The third-order valence-corrected chi connectivity index (χ3v) is 10.3. The number of allylic oxidation sites excluding steroid dienone is 4. The van der Waals surface area contributed by atoms with Gasteiger partial charge in [0.2, 0.25) is 15.9 Å². The summed E-state index contributed by atoms with van der Waals surface area (Å²) >= 11 is 0. The molecule has 0 fully saturated rings. The number of amides is 1. The number of anilines is 1. The molecule has 0 aliphatic carbocycles. The number of hydrogen-bond donors (Lipinski definition) is 0. The molecule has 0 N–H and O–H groups in total. The van der Waals surface area contributed by atoms with Crippen LogP contribution in [0.4, 0.5) is 10.1 Å². The molecule has 5 heterocycles. The third kappa shape index (κ3) is 6.56. The molecule has 0 atom stereocenters. The first-order valence-electron chi connectivity index (χ1n) is 17.0. The Morgan fingerprint density at radius 1 is 1.06 bits per heavy atom. The number of ether oxygens (including phenoxy) is 2. The van der Waals surface area contributed by atoms with Crippen LogP contribution in [0.15, 0.2) is 107 Å². The van der Waals surface area contributed by atoms with Crippen LogP contribution in [0, 0.1) is 5.82 Å². The second-order valence-corrected chi connectivity index (χ2v) is 16.2. The number of furan rings is 1. The molecule has 0 saturated heterocycles. The average Bonchev–Trinajstić information content (AvgIpc) is 3.71. The second-order valence-electron chi connectivity index (χ2n) is 14.2. The third-order valence-electron chi connectivity index (χ3n) is 9.09. The van der Waals surface area contributed by atoms with E-state index < -0.39 is 10.0 Å². The van der Waals surface area contributed by atoms with Crippen molar-refractivity contribution >= 4 is 43.5 Å². The van der Waals surface area contributed by atoms with Crippen LogP contribution >= 0.6 is 0 Å². The number of sulfonamides is 1. The van der Waals surface area contributed by atoms with E-state index in [0.29, 0.717) is 61.9 Å². The molecule has 0 bridgehead atoms. The Bertz CT molecular complexity index is 2680. The fraction of sp³-hybridized carbons (Fsp3) is 0.195. The normalized spacial score (nSPS) is 12.9. The Kier molecular flexibility index (Phi) is 9.02. The van der Waals surface area contributed by atoms with E-state index in [1.165, 1.54) is 13.1 Å². The van der Waals surface area contributed by atoms with Crippen LogP contribution in [0.5, 0.6) is 11.6 Å². The Balaban J connectivity index is 1.42. The first-order valence-corrected chi connectivity index (χ1v) is 18.8. The average molecular weight is 749 g/mol. The molecule has 1 aliphatic rings. The van der Waals surface area contributed by atoms with E-state index in [0.717, 1.165) is 16.1 Å². The number of aromatic nitrogens is 3. The van der Waals surface area contributed by atoms with Crippen LogP contribution in [0.1, 0.15) is 24.2 Å². The lowest BCUT2D eigenvalue weighted by Crippen LogP contribution is -2.41. The number of nitrogens with zero attached hydrogens (tertiary/aromatic N) is 5. The van der Waals surface area contributed by atoms with E-state index in [-0.39, 0.29) is 45.5 Å². The molecule has 0 unspecified atom stereocenters. The van der Waals surface area contributed by atoms with Crippen LogP contribution in [0.3, 0.4) is 0 Å². The number of halogens is 1. The van der Waals surface area contributed by atoms with Crippen molar-refractivity contribution in [3.8, 4) is 45.6 Å². The molecule has 54 heavy (non-hydrogen) atoms. The fourth-order valence-corrected chi connectivity index (χ4v) is 6.74. The zero-order valence-electron chi connectivity index (χ0n) is 31.0. The summed E-state index contributed by atoms with van der Waals surface area (Å²) in [5, 5.41) is 0.884. The summed E-state index contributed by atoms with van der Waals surface area (Å²) in [5.41, 5.74) is 5.03. The highest BCUT2D eigenvalue weighted by Gasteiger charge is 2.34. The summed E-state index contributed by atoms with van der Waals surface area (Å²) < 4.78 is 62.2. The van der Waals surface area contributed by atoms with E-state index in [2.05, 4.69) is 11.6 Å². The number of carbonyl (C=O) groups excluding carboxylic acids is 1. The number of hydrogen-bond acceptors (Lipinski definition) is 8. The summed E-state index contributed by atoms with van der Waals surface area (Å²) in [6.45, 7) is 7.93.